The number of carbonyl (C=O) groups is 1. The van der Waals surface area contributed by atoms with Crippen LogP contribution < -0.4 is 9.47 Å². The Bertz CT molecular complexity index is 557. The first kappa shape index (κ1) is 14.2. The molecule has 2 atom stereocenters. The van der Waals surface area contributed by atoms with Gasteiger partial charge in [0, 0.05) is 24.1 Å². The third-order valence-corrected chi connectivity index (χ3v) is 4.32. The first-order valence-corrected chi connectivity index (χ1v) is 7.41. The molecular formula is C16H21NO4. The Labute approximate surface area is 124 Å². The molecule has 2 aliphatic rings. The van der Waals surface area contributed by atoms with Crippen LogP contribution in [0.15, 0.2) is 12.1 Å². The Morgan fingerprint density at radius 2 is 2.33 bits per heavy atom. The third-order valence-electron chi connectivity index (χ3n) is 4.32. The fourth-order valence-electron chi connectivity index (χ4n) is 3.31. The van der Waals surface area contributed by atoms with Crippen molar-refractivity contribution in [2.45, 2.75) is 44.9 Å². The highest BCUT2D eigenvalue weighted by Gasteiger charge is 2.31. The quantitative estimate of drug-likeness (QED) is 0.920. The van der Waals surface area contributed by atoms with Crippen molar-refractivity contribution in [3.05, 3.63) is 23.3 Å². The number of hydrogen-bond donors (Lipinski definition) is 1. The van der Waals surface area contributed by atoms with E-state index in [0.29, 0.717) is 6.54 Å². The first-order valence-electron chi connectivity index (χ1n) is 7.41. The van der Waals surface area contributed by atoms with E-state index in [1.165, 1.54) is 5.56 Å². The van der Waals surface area contributed by atoms with Gasteiger partial charge in [0.25, 0.3) is 0 Å². The van der Waals surface area contributed by atoms with Gasteiger partial charge in [0.05, 0.1) is 7.11 Å². The van der Waals surface area contributed by atoms with E-state index in [4.69, 9.17) is 9.47 Å². The fourth-order valence-corrected chi connectivity index (χ4v) is 3.31. The minimum Gasteiger partial charge on any atom is -0.496 e. The van der Waals surface area contributed by atoms with Crippen LogP contribution in [0.3, 0.4) is 0 Å². The number of nitrogens with zero attached hydrogens (tertiary/aromatic N) is 1. The highest BCUT2D eigenvalue weighted by Crippen LogP contribution is 2.36. The van der Waals surface area contributed by atoms with Crippen molar-refractivity contribution in [1.29, 1.82) is 0 Å². The Morgan fingerprint density at radius 1 is 1.52 bits per heavy atom. The fraction of sp³-hybridized carbons (Fsp3) is 0.562. The largest absolute Gasteiger partial charge is 0.496 e. The van der Waals surface area contributed by atoms with Crippen molar-refractivity contribution in [3.63, 3.8) is 0 Å². The number of benzene rings is 1. The molecule has 0 radical (unpaired) electrons. The second-order valence-corrected chi connectivity index (χ2v) is 5.87. The number of methoxy groups -OCH3 is 1. The summed E-state index contributed by atoms with van der Waals surface area (Å²) in [7, 11) is 1.66. The van der Waals surface area contributed by atoms with Gasteiger partial charge in [-0.2, -0.15) is 0 Å². The minimum absolute atomic E-state index is 0.193. The maximum Gasteiger partial charge on any atom is 0.320 e. The number of aliphatic carboxylic acids is 1. The average Bonchev–Trinajstić information content (AvgIpc) is 3.03. The van der Waals surface area contributed by atoms with Gasteiger partial charge in [-0.15, -0.1) is 0 Å². The molecule has 0 aliphatic carbocycles. The normalized spacial score (nSPS) is 24.7. The SMILES string of the molecule is COc1cc2c(cc1CN1CCCC1C(=O)O)OC(C)C2. The number of fused-ring (bicyclic) bond motifs is 1. The molecular weight excluding hydrogens is 270 g/mol. The van der Waals surface area contributed by atoms with E-state index in [1.807, 2.05) is 24.0 Å². The number of hydrogen-bond acceptors (Lipinski definition) is 4. The summed E-state index contributed by atoms with van der Waals surface area (Å²) < 4.78 is 11.3. The van der Waals surface area contributed by atoms with Crippen LogP contribution >= 0.6 is 0 Å². The van der Waals surface area contributed by atoms with Gasteiger partial charge in [0.1, 0.15) is 23.6 Å². The molecule has 0 amide bonds. The zero-order chi connectivity index (χ0) is 15.0. The number of likely N-dealkylation sites (tertiary alicyclic amines) is 1. The molecule has 2 unspecified atom stereocenters. The molecule has 5 heteroatoms. The summed E-state index contributed by atoms with van der Waals surface area (Å²) in [5.74, 6) is 0.990. The van der Waals surface area contributed by atoms with Gasteiger partial charge in [-0.1, -0.05) is 0 Å². The molecule has 1 N–H and O–H groups in total. The van der Waals surface area contributed by atoms with Crippen LogP contribution in [0.5, 0.6) is 11.5 Å². The van der Waals surface area contributed by atoms with Crippen LogP contribution in [0.25, 0.3) is 0 Å². The van der Waals surface area contributed by atoms with Crippen molar-refractivity contribution < 1.29 is 19.4 Å². The number of rotatable bonds is 4. The van der Waals surface area contributed by atoms with Crippen LogP contribution in [-0.4, -0.2) is 41.8 Å². The summed E-state index contributed by atoms with van der Waals surface area (Å²) >= 11 is 0. The van der Waals surface area contributed by atoms with Crippen molar-refractivity contribution in [2.75, 3.05) is 13.7 Å². The highest BCUT2D eigenvalue weighted by atomic mass is 16.5. The van der Waals surface area contributed by atoms with E-state index in [2.05, 4.69) is 0 Å². The van der Waals surface area contributed by atoms with E-state index in [1.54, 1.807) is 7.11 Å². The van der Waals surface area contributed by atoms with Gasteiger partial charge < -0.3 is 14.6 Å². The van der Waals surface area contributed by atoms with Crippen molar-refractivity contribution in [1.82, 2.24) is 4.90 Å². The van der Waals surface area contributed by atoms with Crippen LogP contribution in [0.2, 0.25) is 0 Å². The Balaban J connectivity index is 1.85. The molecule has 1 aromatic carbocycles. The zero-order valence-electron chi connectivity index (χ0n) is 12.5. The van der Waals surface area contributed by atoms with Gasteiger partial charge >= 0.3 is 5.97 Å². The summed E-state index contributed by atoms with van der Waals surface area (Å²) in [5.41, 5.74) is 2.16. The second-order valence-electron chi connectivity index (χ2n) is 5.87. The van der Waals surface area contributed by atoms with E-state index >= 15 is 0 Å². The lowest BCUT2D eigenvalue weighted by Crippen LogP contribution is -2.35. The van der Waals surface area contributed by atoms with Gasteiger partial charge in [0.15, 0.2) is 0 Å². The van der Waals surface area contributed by atoms with Crippen LogP contribution in [0.4, 0.5) is 0 Å². The zero-order valence-corrected chi connectivity index (χ0v) is 12.5. The number of carboxylic acids is 1. The molecule has 0 saturated carbocycles. The molecule has 1 fully saturated rings. The van der Waals surface area contributed by atoms with E-state index in [0.717, 1.165) is 42.9 Å². The van der Waals surface area contributed by atoms with E-state index in [9.17, 15) is 9.90 Å². The van der Waals surface area contributed by atoms with Crippen molar-refractivity contribution in [2.24, 2.45) is 0 Å². The standard InChI is InChI=1S/C16H21NO4/c1-10-6-11-7-14(20-2)12(8-15(11)21-10)9-17-5-3-4-13(17)16(18)19/h7-8,10,13H,3-6,9H2,1-2H3,(H,18,19). The maximum atomic E-state index is 11.3. The molecule has 1 saturated heterocycles. The van der Waals surface area contributed by atoms with E-state index < -0.39 is 5.97 Å². The molecule has 5 nitrogen and oxygen atoms in total. The summed E-state index contributed by atoms with van der Waals surface area (Å²) in [4.78, 5) is 13.3. The predicted octanol–water partition coefficient (Wildman–Crippen LogP) is 2.07. The summed E-state index contributed by atoms with van der Waals surface area (Å²) in [6.07, 6.45) is 2.74. The van der Waals surface area contributed by atoms with Gasteiger partial charge in [-0.3, -0.25) is 9.69 Å². The molecule has 0 bridgehead atoms. The summed E-state index contributed by atoms with van der Waals surface area (Å²) in [6.45, 7) is 3.45. The van der Waals surface area contributed by atoms with Crippen molar-refractivity contribution in [3.8, 4) is 11.5 Å². The Hall–Kier alpha value is -1.75. The smallest absolute Gasteiger partial charge is 0.320 e. The summed E-state index contributed by atoms with van der Waals surface area (Å²) in [6, 6.07) is 3.65. The van der Waals surface area contributed by atoms with Gasteiger partial charge in [-0.25, -0.2) is 0 Å². The molecule has 0 spiro atoms. The first-order chi connectivity index (χ1) is 10.1. The number of ether oxygens (including phenoxy) is 2. The number of carboxylic acid groups (broad SMARTS) is 1. The molecule has 114 valence electrons. The lowest BCUT2D eigenvalue weighted by atomic mass is 10.1. The van der Waals surface area contributed by atoms with Crippen molar-refractivity contribution >= 4 is 5.97 Å². The summed E-state index contributed by atoms with van der Waals surface area (Å²) in [5, 5.41) is 9.28. The molecule has 2 aliphatic heterocycles. The van der Waals surface area contributed by atoms with Gasteiger partial charge in [-0.05, 0) is 38.4 Å². The van der Waals surface area contributed by atoms with Crippen LogP contribution in [-0.2, 0) is 17.8 Å². The minimum atomic E-state index is -0.738. The Morgan fingerprint density at radius 3 is 3.05 bits per heavy atom. The molecule has 1 aromatic rings. The lowest BCUT2D eigenvalue weighted by Gasteiger charge is -2.22. The van der Waals surface area contributed by atoms with E-state index in [-0.39, 0.29) is 12.1 Å². The van der Waals surface area contributed by atoms with Crippen LogP contribution in [0.1, 0.15) is 30.9 Å². The molecule has 3 rings (SSSR count). The predicted molar refractivity (Wildman–Crippen MR) is 77.9 cm³/mol. The van der Waals surface area contributed by atoms with Gasteiger partial charge in [0.2, 0.25) is 0 Å². The monoisotopic (exact) mass is 291 g/mol. The second kappa shape index (κ2) is 5.56. The molecule has 0 aromatic heterocycles. The Kier molecular flexibility index (Phi) is 3.76. The molecule has 21 heavy (non-hydrogen) atoms. The highest BCUT2D eigenvalue weighted by molar-refractivity contribution is 5.73. The molecule has 2 heterocycles. The third kappa shape index (κ3) is 2.70. The average molecular weight is 291 g/mol. The topological polar surface area (TPSA) is 59.0 Å². The maximum absolute atomic E-state index is 11.3. The lowest BCUT2D eigenvalue weighted by molar-refractivity contribution is -0.142. The van der Waals surface area contributed by atoms with Crippen LogP contribution in [0, 0.1) is 0 Å².